The molecule has 7 rings (SSSR count). The van der Waals surface area contributed by atoms with Crippen LogP contribution in [0.2, 0.25) is 0 Å². The summed E-state index contributed by atoms with van der Waals surface area (Å²) in [4.78, 5) is 13.6. The highest BCUT2D eigenvalue weighted by Crippen LogP contribution is 2.35. The van der Waals surface area contributed by atoms with Crippen molar-refractivity contribution < 1.29 is 17.6 Å². The van der Waals surface area contributed by atoms with Gasteiger partial charge in [0.1, 0.15) is 0 Å². The van der Waals surface area contributed by atoms with Crippen molar-refractivity contribution in [2.45, 2.75) is 0 Å². The van der Waals surface area contributed by atoms with E-state index in [2.05, 4.69) is 25.0 Å². The van der Waals surface area contributed by atoms with Gasteiger partial charge in [-0.05, 0) is 68.1 Å². The van der Waals surface area contributed by atoms with Crippen molar-refractivity contribution in [2.24, 2.45) is 10.1 Å². The van der Waals surface area contributed by atoms with Crippen LogP contribution >= 0.6 is 0 Å². The molecule has 198 valence electrons. The molecule has 0 radical (unpaired) electrons. The van der Waals surface area contributed by atoms with Crippen LogP contribution in [0.4, 0.5) is 17.6 Å². The van der Waals surface area contributed by atoms with Crippen molar-refractivity contribution in [3.63, 3.8) is 0 Å². The van der Waals surface area contributed by atoms with Crippen molar-refractivity contribution in [3.05, 3.63) is 119 Å². The second-order valence-corrected chi connectivity index (χ2v) is 9.58. The topological polar surface area (TPSA) is 78.6 Å². The fraction of sp³-hybridized carbons (Fsp3) is 0. The van der Waals surface area contributed by atoms with E-state index in [0.29, 0.717) is 43.4 Å². The van der Waals surface area contributed by atoms with Gasteiger partial charge >= 0.3 is 0 Å². The van der Waals surface area contributed by atoms with E-state index < -0.39 is 23.8 Å². The summed E-state index contributed by atoms with van der Waals surface area (Å²) in [6.45, 7) is 7.43. The molecule has 0 aliphatic carbocycles. The van der Waals surface area contributed by atoms with Gasteiger partial charge in [0.25, 0.3) is 0 Å². The summed E-state index contributed by atoms with van der Waals surface area (Å²) >= 11 is 0. The fourth-order valence-electron chi connectivity index (χ4n) is 5.63. The average Bonchev–Trinajstić information content (AvgIpc) is 3.42. The lowest BCUT2D eigenvalue weighted by Gasteiger charge is -2.03. The van der Waals surface area contributed by atoms with Crippen molar-refractivity contribution in [2.75, 3.05) is 0 Å². The van der Waals surface area contributed by atoms with Gasteiger partial charge in [-0.25, -0.2) is 0 Å². The van der Waals surface area contributed by atoms with E-state index in [1.54, 1.807) is 36.4 Å². The van der Waals surface area contributed by atoms with E-state index in [4.69, 9.17) is 6.57 Å². The minimum absolute atomic E-state index is 0.280. The molecule has 0 amide bonds. The lowest BCUT2D eigenvalue weighted by atomic mass is 10.0. The summed E-state index contributed by atoms with van der Waals surface area (Å²) in [5, 5.41) is 19.9. The molecule has 0 fully saturated rings. The molecule has 10 heteroatoms. The molecule has 0 saturated heterocycles. The zero-order valence-electron chi connectivity index (χ0n) is 21.1. The van der Waals surface area contributed by atoms with E-state index in [-0.39, 0.29) is 11.1 Å². The zero-order chi connectivity index (χ0) is 29.1. The highest BCUT2D eigenvalue weighted by atomic mass is 19.1. The number of hydrogen-bond donors (Lipinski definition) is 0. The van der Waals surface area contributed by atoms with Gasteiger partial charge in [-0.1, -0.05) is 24.3 Å². The van der Waals surface area contributed by atoms with Crippen LogP contribution in [0.25, 0.3) is 70.3 Å². The number of nitrogens with zero attached hydrogens (tertiary/aromatic N) is 6. The molecule has 2 aromatic heterocycles. The van der Waals surface area contributed by atoms with E-state index >= 15 is 0 Å². The van der Waals surface area contributed by atoms with E-state index in [0.717, 1.165) is 45.8 Å². The zero-order valence-corrected chi connectivity index (χ0v) is 21.1. The smallest absolute Gasteiger partial charge is 0.191 e. The molecule has 2 heterocycles. The average molecular weight is 556 g/mol. The minimum atomic E-state index is -0.955. The Labute approximate surface area is 233 Å². The quantitative estimate of drug-likeness (QED) is 0.0759. The maximum atomic E-state index is 13.8. The van der Waals surface area contributed by atoms with Gasteiger partial charge in [0.2, 0.25) is 30.0 Å². The van der Waals surface area contributed by atoms with Crippen LogP contribution < -0.4 is 10.7 Å². The highest BCUT2D eigenvalue weighted by Gasteiger charge is 2.18. The Morgan fingerprint density at radius 2 is 0.976 bits per heavy atom. The molecule has 0 unspecified atom stereocenters. The summed E-state index contributed by atoms with van der Waals surface area (Å²) in [7, 11) is 0. The number of aromatic nitrogens is 2. The van der Waals surface area contributed by atoms with Gasteiger partial charge in [-0.2, -0.15) is 44.4 Å². The first kappa shape index (κ1) is 25.0. The minimum Gasteiger partial charge on any atom is -0.191 e. The number of hydrogen-bond acceptors (Lipinski definition) is 5. The largest absolute Gasteiger partial charge is 0.216 e. The molecule has 0 bridgehead atoms. The molecule has 0 atom stereocenters. The van der Waals surface area contributed by atoms with Gasteiger partial charge in [-0.15, -0.1) is 4.95 Å². The predicted octanol–water partition coefficient (Wildman–Crippen LogP) is 6.97. The van der Waals surface area contributed by atoms with Gasteiger partial charge in [-0.3, -0.25) is 0 Å². The Morgan fingerprint density at radius 3 is 1.43 bits per heavy atom. The summed E-state index contributed by atoms with van der Waals surface area (Å²) < 4.78 is 55.3. The molecule has 0 aliphatic heterocycles. The van der Waals surface area contributed by atoms with Crippen LogP contribution in [0, 0.1) is 41.8 Å². The number of nitriles is 1. The molecule has 0 saturated carbocycles. The fourth-order valence-corrected chi connectivity index (χ4v) is 5.63. The normalized spacial score (nSPS) is 12.5. The van der Waals surface area contributed by atoms with Crippen LogP contribution in [0.3, 0.4) is 0 Å². The SMILES string of the molecule is [C-]#[N+]/N=c1\c2cc(-c3cc(F)nc(F)c3)ccc2c2cc3c(=NC#N)c4cc(-c5cc(F)nc(F)c5)ccc4c3cc12. The van der Waals surface area contributed by atoms with Crippen LogP contribution in [0.15, 0.2) is 82.9 Å². The Balaban J connectivity index is 1.54. The second-order valence-electron chi connectivity index (χ2n) is 9.58. The number of halogens is 4. The molecule has 42 heavy (non-hydrogen) atoms. The summed E-state index contributed by atoms with van der Waals surface area (Å²) in [6, 6.07) is 18.6. The molecule has 5 aromatic carbocycles. The first-order valence-corrected chi connectivity index (χ1v) is 12.4. The highest BCUT2D eigenvalue weighted by molar-refractivity contribution is 6.21. The maximum absolute atomic E-state index is 13.8. The lowest BCUT2D eigenvalue weighted by Crippen LogP contribution is -1.99. The summed E-state index contributed by atoms with van der Waals surface area (Å²) in [5.74, 6) is -3.82. The van der Waals surface area contributed by atoms with Crippen LogP contribution in [-0.4, -0.2) is 9.97 Å². The maximum Gasteiger partial charge on any atom is 0.216 e. The third-order valence-electron chi connectivity index (χ3n) is 7.30. The van der Waals surface area contributed by atoms with Crippen molar-refractivity contribution in [1.29, 1.82) is 5.26 Å². The molecule has 7 aromatic rings. The Kier molecular flexibility index (Phi) is 5.53. The van der Waals surface area contributed by atoms with E-state index in [1.807, 2.05) is 18.3 Å². The molecule has 6 nitrogen and oxygen atoms in total. The van der Waals surface area contributed by atoms with Crippen molar-refractivity contribution in [3.8, 4) is 28.4 Å². The molecular weight excluding hydrogens is 544 g/mol. The summed E-state index contributed by atoms with van der Waals surface area (Å²) in [6.07, 6.45) is 1.85. The monoisotopic (exact) mass is 556 g/mol. The van der Waals surface area contributed by atoms with Gasteiger partial charge in [0, 0.05) is 45.8 Å². The third-order valence-corrected chi connectivity index (χ3v) is 7.30. The molecule has 0 N–H and O–H groups in total. The van der Waals surface area contributed by atoms with Gasteiger partial charge in [0.15, 0.2) is 5.36 Å². The number of pyridine rings is 2. The first-order valence-electron chi connectivity index (χ1n) is 12.4. The van der Waals surface area contributed by atoms with Crippen LogP contribution in [0.5, 0.6) is 0 Å². The molecule has 0 spiro atoms. The Morgan fingerprint density at radius 1 is 0.548 bits per heavy atom. The standard InChI is InChI=1S/C32H12F4N6/c1-38-42-32-24-7-16(18-10-29(35)41-30(36)11-18)3-5-20(24)22-12-25-21(13-26(22)32)19-4-2-15(6-23(19)31(25)39-14-37)17-8-27(33)40-28(34)9-17/h2-13H/b39-31?,42-32+. The Hall–Kier alpha value is -6.00. The van der Waals surface area contributed by atoms with Gasteiger partial charge in [0.05, 0.1) is 10.5 Å². The van der Waals surface area contributed by atoms with Crippen molar-refractivity contribution >= 4 is 43.1 Å². The third kappa shape index (κ3) is 3.86. The predicted molar refractivity (Wildman–Crippen MR) is 148 cm³/mol. The first-order chi connectivity index (χ1) is 20.3. The Bertz CT molecular complexity index is 2280. The summed E-state index contributed by atoms with van der Waals surface area (Å²) in [5.41, 5.74) is 1.59. The van der Waals surface area contributed by atoms with Gasteiger partial charge < -0.3 is 0 Å². The van der Waals surface area contributed by atoms with E-state index in [1.165, 1.54) is 0 Å². The molecular formula is C32H12F4N6. The van der Waals surface area contributed by atoms with Crippen molar-refractivity contribution in [1.82, 2.24) is 9.97 Å². The second kappa shape index (κ2) is 9.29. The van der Waals surface area contributed by atoms with E-state index in [9.17, 15) is 22.8 Å². The number of fused-ring (bicyclic) bond motifs is 6. The lowest BCUT2D eigenvalue weighted by molar-refractivity contribution is 0.512. The van der Waals surface area contributed by atoms with Crippen LogP contribution in [-0.2, 0) is 0 Å². The number of rotatable bonds is 2. The number of benzene rings is 3. The van der Waals surface area contributed by atoms with Crippen LogP contribution in [0.1, 0.15) is 0 Å². The molecule has 0 aliphatic rings.